The van der Waals surface area contributed by atoms with Gasteiger partial charge in [-0.05, 0) is 18.1 Å². The second-order valence-electron chi connectivity index (χ2n) is 4.56. The molecule has 0 aliphatic heterocycles. The molecule has 0 fully saturated rings. The van der Waals surface area contributed by atoms with E-state index in [4.69, 9.17) is 0 Å². The van der Waals surface area contributed by atoms with Gasteiger partial charge in [-0.1, -0.05) is 42.5 Å². The molecule has 0 saturated carbocycles. The fraction of sp³-hybridized carbons (Fsp3) is 0.125. The molecule has 0 radical (unpaired) electrons. The van der Waals surface area contributed by atoms with Crippen LogP contribution in [0.25, 0.3) is 0 Å². The molecule has 0 amide bonds. The highest BCUT2D eigenvalue weighted by Gasteiger charge is 2.29. The topological polar surface area (TPSA) is 84.0 Å². The molecule has 0 aliphatic rings. The Labute approximate surface area is 121 Å². The highest BCUT2D eigenvalue weighted by Crippen LogP contribution is 2.28. The van der Waals surface area contributed by atoms with Gasteiger partial charge >= 0.3 is 0 Å². The summed E-state index contributed by atoms with van der Waals surface area (Å²) in [6, 6.07) is 14.9. The van der Waals surface area contributed by atoms with Crippen LogP contribution in [0, 0.1) is 28.4 Å². The summed E-state index contributed by atoms with van der Waals surface area (Å²) < 4.78 is 0. The van der Waals surface area contributed by atoms with E-state index in [2.05, 4.69) is 0 Å². The van der Waals surface area contributed by atoms with E-state index in [1.54, 1.807) is 43.3 Å². The van der Waals surface area contributed by atoms with Crippen LogP contribution in [0.3, 0.4) is 0 Å². The summed E-state index contributed by atoms with van der Waals surface area (Å²) in [6.07, 6.45) is 0. The van der Waals surface area contributed by atoms with Crippen molar-refractivity contribution < 1.29 is 9.72 Å². The lowest BCUT2D eigenvalue weighted by atomic mass is 9.89. The van der Waals surface area contributed by atoms with Gasteiger partial charge in [0, 0.05) is 6.07 Å². The molecule has 0 aliphatic carbocycles. The zero-order chi connectivity index (χ0) is 15.4. The van der Waals surface area contributed by atoms with Gasteiger partial charge in [0.2, 0.25) is 0 Å². The summed E-state index contributed by atoms with van der Waals surface area (Å²) in [4.78, 5) is 23.1. The van der Waals surface area contributed by atoms with Crippen LogP contribution in [0.5, 0.6) is 0 Å². The monoisotopic (exact) mass is 280 g/mol. The average molecular weight is 280 g/mol. The third-order valence-electron chi connectivity index (χ3n) is 3.22. The summed E-state index contributed by atoms with van der Waals surface area (Å²) in [5.41, 5.74) is 0.752. The molecule has 0 spiro atoms. The normalized spacial score (nSPS) is 11.4. The van der Waals surface area contributed by atoms with Crippen LogP contribution in [-0.4, -0.2) is 10.7 Å². The first-order chi connectivity index (χ1) is 10.1. The number of hydrogen-bond acceptors (Lipinski definition) is 4. The van der Waals surface area contributed by atoms with Gasteiger partial charge in [0.1, 0.15) is 5.92 Å². The van der Waals surface area contributed by atoms with Crippen molar-refractivity contribution >= 4 is 11.5 Å². The smallest absolute Gasteiger partial charge is 0.280 e. The van der Waals surface area contributed by atoms with Crippen molar-refractivity contribution in [3.8, 4) is 6.07 Å². The van der Waals surface area contributed by atoms with Crippen LogP contribution in [0.1, 0.15) is 27.4 Å². The molecule has 0 heterocycles. The minimum atomic E-state index is -1.05. The fourth-order valence-electron chi connectivity index (χ4n) is 2.20. The average Bonchev–Trinajstić information content (AvgIpc) is 2.48. The van der Waals surface area contributed by atoms with E-state index in [1.807, 2.05) is 6.07 Å². The molecule has 5 nitrogen and oxygen atoms in total. The van der Waals surface area contributed by atoms with Crippen molar-refractivity contribution in [1.82, 2.24) is 0 Å². The first kappa shape index (κ1) is 14.4. The van der Waals surface area contributed by atoms with Gasteiger partial charge in [0.15, 0.2) is 5.78 Å². The number of nitriles is 1. The van der Waals surface area contributed by atoms with Gasteiger partial charge in [-0.15, -0.1) is 0 Å². The molecule has 2 rings (SSSR count). The first-order valence-corrected chi connectivity index (χ1v) is 6.29. The number of Topliss-reactive ketones (excluding diaryl/α,β-unsaturated/α-hetero) is 1. The molecular weight excluding hydrogens is 268 g/mol. The maximum atomic E-state index is 12.6. The number of ketones is 1. The molecule has 0 saturated heterocycles. The van der Waals surface area contributed by atoms with Crippen LogP contribution in [0.2, 0.25) is 0 Å². The maximum Gasteiger partial charge on any atom is 0.280 e. The van der Waals surface area contributed by atoms with E-state index >= 15 is 0 Å². The molecule has 2 aromatic carbocycles. The zero-order valence-corrected chi connectivity index (χ0v) is 11.3. The standard InChI is InChI=1S/C16H12N2O3/c1-11-6-5-9-14(18(20)21)15(11)16(19)13(10-17)12-7-3-2-4-8-12/h2-9,13H,1H3. The lowest BCUT2D eigenvalue weighted by Crippen LogP contribution is -2.14. The van der Waals surface area contributed by atoms with E-state index < -0.39 is 16.6 Å². The number of benzene rings is 2. The Morgan fingerprint density at radius 1 is 1.19 bits per heavy atom. The van der Waals surface area contributed by atoms with Gasteiger partial charge in [-0.25, -0.2) is 0 Å². The van der Waals surface area contributed by atoms with Crippen molar-refractivity contribution in [2.45, 2.75) is 12.8 Å². The number of carbonyl (C=O) groups excluding carboxylic acids is 1. The van der Waals surface area contributed by atoms with E-state index in [-0.39, 0.29) is 11.3 Å². The van der Waals surface area contributed by atoms with Crippen molar-refractivity contribution in [2.24, 2.45) is 0 Å². The van der Waals surface area contributed by atoms with Crippen LogP contribution in [-0.2, 0) is 0 Å². The van der Waals surface area contributed by atoms with Crippen LogP contribution in [0.15, 0.2) is 48.5 Å². The molecular formula is C16H12N2O3. The van der Waals surface area contributed by atoms with Gasteiger partial charge in [0.25, 0.3) is 5.69 Å². The van der Waals surface area contributed by atoms with E-state index in [1.165, 1.54) is 12.1 Å². The fourth-order valence-corrected chi connectivity index (χ4v) is 2.20. The second-order valence-corrected chi connectivity index (χ2v) is 4.56. The van der Waals surface area contributed by atoms with Gasteiger partial charge in [0.05, 0.1) is 16.6 Å². The van der Waals surface area contributed by atoms with Crippen molar-refractivity contribution in [3.05, 3.63) is 75.3 Å². The van der Waals surface area contributed by atoms with E-state index in [0.29, 0.717) is 11.1 Å². The lowest BCUT2D eigenvalue weighted by molar-refractivity contribution is -0.385. The first-order valence-electron chi connectivity index (χ1n) is 6.29. The van der Waals surface area contributed by atoms with Crippen molar-refractivity contribution in [3.63, 3.8) is 0 Å². The Morgan fingerprint density at radius 3 is 2.43 bits per heavy atom. The number of nitro groups is 1. The maximum absolute atomic E-state index is 12.6. The van der Waals surface area contributed by atoms with Crippen LogP contribution in [0.4, 0.5) is 5.69 Å². The van der Waals surface area contributed by atoms with E-state index in [0.717, 1.165) is 0 Å². The molecule has 0 N–H and O–H groups in total. The Morgan fingerprint density at radius 2 is 1.86 bits per heavy atom. The number of hydrogen-bond donors (Lipinski definition) is 0. The SMILES string of the molecule is Cc1cccc([N+](=O)[O-])c1C(=O)C(C#N)c1ccccc1. The molecule has 1 atom stereocenters. The number of nitro benzene ring substituents is 1. The molecule has 5 heteroatoms. The summed E-state index contributed by atoms with van der Waals surface area (Å²) >= 11 is 0. The number of rotatable bonds is 4. The lowest BCUT2D eigenvalue weighted by Gasteiger charge is -2.11. The molecule has 2 aromatic rings. The van der Waals surface area contributed by atoms with Crippen molar-refractivity contribution in [2.75, 3.05) is 0 Å². The molecule has 104 valence electrons. The van der Waals surface area contributed by atoms with Gasteiger partial charge in [-0.2, -0.15) is 5.26 Å². The molecule has 0 aromatic heterocycles. The number of carbonyl (C=O) groups is 1. The van der Waals surface area contributed by atoms with Crippen molar-refractivity contribution in [1.29, 1.82) is 5.26 Å². The van der Waals surface area contributed by atoms with Crippen LogP contribution >= 0.6 is 0 Å². The third kappa shape index (κ3) is 2.79. The molecule has 0 bridgehead atoms. The predicted octanol–water partition coefficient (Wildman–Crippen LogP) is 3.39. The molecule has 21 heavy (non-hydrogen) atoms. The predicted molar refractivity (Wildman–Crippen MR) is 77.0 cm³/mol. The minimum Gasteiger partial charge on any atom is -0.292 e. The summed E-state index contributed by atoms with van der Waals surface area (Å²) in [5.74, 6) is -1.60. The number of aryl methyl sites for hydroxylation is 1. The Bertz CT molecular complexity index is 733. The van der Waals surface area contributed by atoms with Crippen LogP contribution < -0.4 is 0 Å². The third-order valence-corrected chi connectivity index (χ3v) is 3.22. The summed E-state index contributed by atoms with van der Waals surface area (Å²) in [7, 11) is 0. The largest absolute Gasteiger partial charge is 0.292 e. The number of nitrogens with zero attached hydrogens (tertiary/aromatic N) is 2. The quantitative estimate of drug-likeness (QED) is 0.488. The highest BCUT2D eigenvalue weighted by molar-refractivity contribution is 6.06. The Kier molecular flexibility index (Phi) is 4.10. The summed E-state index contributed by atoms with van der Waals surface area (Å²) in [6.45, 7) is 1.62. The highest BCUT2D eigenvalue weighted by atomic mass is 16.6. The van der Waals surface area contributed by atoms with E-state index in [9.17, 15) is 20.2 Å². The molecule has 1 unspecified atom stereocenters. The van der Waals surface area contributed by atoms with Gasteiger partial charge in [-0.3, -0.25) is 14.9 Å². The second kappa shape index (κ2) is 5.97. The Hall–Kier alpha value is -3.00. The minimum absolute atomic E-state index is 0.00194. The Balaban J connectivity index is 2.54. The van der Waals surface area contributed by atoms with Gasteiger partial charge < -0.3 is 0 Å². The zero-order valence-electron chi connectivity index (χ0n) is 11.3. The summed E-state index contributed by atoms with van der Waals surface area (Å²) in [5, 5.41) is 20.4.